The maximum Gasteiger partial charge on any atom is 0.270 e. The Bertz CT molecular complexity index is 960. The molecule has 1 amide bonds. The van der Waals surface area contributed by atoms with E-state index >= 15 is 0 Å². The van der Waals surface area contributed by atoms with Gasteiger partial charge in [-0.15, -0.1) is 0 Å². The van der Waals surface area contributed by atoms with Crippen LogP contribution in [0.3, 0.4) is 0 Å². The van der Waals surface area contributed by atoms with E-state index in [4.69, 9.17) is 0 Å². The van der Waals surface area contributed by atoms with Crippen molar-refractivity contribution in [2.45, 2.75) is 45.4 Å². The average Bonchev–Trinajstić information content (AvgIpc) is 3.20. The zero-order chi connectivity index (χ0) is 23.2. The third kappa shape index (κ3) is 5.47. The molecular formula is C24H36N8O. The van der Waals surface area contributed by atoms with Crippen molar-refractivity contribution in [2.75, 3.05) is 55.8 Å². The predicted octanol–water partition coefficient (Wildman–Crippen LogP) is 2.81. The summed E-state index contributed by atoms with van der Waals surface area (Å²) in [6.45, 7) is 7.00. The van der Waals surface area contributed by atoms with Crippen LogP contribution in [0.4, 0.5) is 17.3 Å². The number of unbranched alkanes of at least 4 members (excludes halogenated alkanes) is 3. The highest BCUT2D eigenvalue weighted by molar-refractivity contribution is 5.99. The largest absolute Gasteiger partial charge is 0.368 e. The SMILES string of the molecule is CCCCCCn1c(C(=O)N(C)C)cc2c1NC(Nc1ccc(N3CCNCC3)cn1)N=C2. The summed E-state index contributed by atoms with van der Waals surface area (Å²) in [6.07, 6.45) is 7.98. The van der Waals surface area contributed by atoms with E-state index in [1.165, 1.54) is 12.8 Å². The first kappa shape index (κ1) is 23.1. The molecule has 0 aromatic carbocycles. The number of hydrogen-bond acceptors (Lipinski definition) is 7. The molecule has 1 fully saturated rings. The molecule has 9 nitrogen and oxygen atoms in total. The van der Waals surface area contributed by atoms with Gasteiger partial charge < -0.3 is 30.3 Å². The van der Waals surface area contributed by atoms with Gasteiger partial charge in [-0.25, -0.2) is 9.98 Å². The number of amides is 1. The molecule has 2 aliphatic heterocycles. The van der Waals surface area contributed by atoms with Crippen molar-refractivity contribution in [1.29, 1.82) is 0 Å². The Morgan fingerprint density at radius 3 is 2.73 bits per heavy atom. The minimum Gasteiger partial charge on any atom is -0.368 e. The third-order valence-electron chi connectivity index (χ3n) is 6.14. The fourth-order valence-corrected chi connectivity index (χ4v) is 4.28. The fourth-order valence-electron chi connectivity index (χ4n) is 4.28. The van der Waals surface area contributed by atoms with Gasteiger partial charge in [-0.3, -0.25) is 4.79 Å². The summed E-state index contributed by atoms with van der Waals surface area (Å²) >= 11 is 0. The van der Waals surface area contributed by atoms with Crippen molar-refractivity contribution in [1.82, 2.24) is 19.8 Å². The minimum atomic E-state index is -0.346. The Morgan fingerprint density at radius 1 is 1.21 bits per heavy atom. The molecule has 2 aliphatic rings. The maximum absolute atomic E-state index is 12.8. The summed E-state index contributed by atoms with van der Waals surface area (Å²) in [5, 5.41) is 10.2. The molecule has 0 saturated carbocycles. The Kier molecular flexibility index (Phi) is 7.49. The van der Waals surface area contributed by atoms with E-state index in [0.717, 1.165) is 68.5 Å². The van der Waals surface area contributed by atoms with Gasteiger partial charge in [-0.2, -0.15) is 0 Å². The lowest BCUT2D eigenvalue weighted by atomic mass is 10.2. The summed E-state index contributed by atoms with van der Waals surface area (Å²) in [5.74, 6) is 1.70. The van der Waals surface area contributed by atoms with Crippen molar-refractivity contribution < 1.29 is 4.79 Å². The monoisotopic (exact) mass is 452 g/mol. The van der Waals surface area contributed by atoms with E-state index in [9.17, 15) is 4.79 Å². The van der Waals surface area contributed by atoms with E-state index in [1.807, 2.05) is 24.5 Å². The van der Waals surface area contributed by atoms with Crippen LogP contribution >= 0.6 is 0 Å². The number of nitrogens with one attached hydrogen (secondary N) is 3. The molecule has 4 heterocycles. The number of nitrogens with zero attached hydrogens (tertiary/aromatic N) is 5. The summed E-state index contributed by atoms with van der Waals surface area (Å²) in [6, 6.07) is 6.03. The van der Waals surface area contributed by atoms with Crippen molar-refractivity contribution in [3.05, 3.63) is 35.7 Å². The topological polar surface area (TPSA) is 89.8 Å². The number of anilines is 3. The summed E-state index contributed by atoms with van der Waals surface area (Å²) in [4.78, 5) is 26.0. The third-order valence-corrected chi connectivity index (χ3v) is 6.14. The van der Waals surface area contributed by atoms with Gasteiger partial charge in [0.05, 0.1) is 11.9 Å². The van der Waals surface area contributed by atoms with Crippen molar-refractivity contribution in [2.24, 2.45) is 4.99 Å². The molecule has 33 heavy (non-hydrogen) atoms. The number of fused-ring (bicyclic) bond motifs is 1. The van der Waals surface area contributed by atoms with Gasteiger partial charge in [0.1, 0.15) is 17.3 Å². The molecule has 0 spiro atoms. The van der Waals surface area contributed by atoms with Gasteiger partial charge in [0.15, 0.2) is 6.29 Å². The number of rotatable bonds is 9. The first-order valence-electron chi connectivity index (χ1n) is 12.0. The van der Waals surface area contributed by atoms with Gasteiger partial charge in [0, 0.05) is 58.6 Å². The molecule has 2 aromatic heterocycles. The van der Waals surface area contributed by atoms with E-state index < -0.39 is 0 Å². The quantitative estimate of drug-likeness (QED) is 0.507. The van der Waals surface area contributed by atoms with E-state index in [-0.39, 0.29) is 12.2 Å². The number of aromatic nitrogens is 2. The van der Waals surface area contributed by atoms with Gasteiger partial charge >= 0.3 is 0 Å². The maximum atomic E-state index is 12.8. The van der Waals surface area contributed by atoms with Crippen LogP contribution in [-0.4, -0.2) is 73.1 Å². The molecule has 4 rings (SSSR count). The van der Waals surface area contributed by atoms with Gasteiger partial charge in [-0.1, -0.05) is 26.2 Å². The second-order valence-corrected chi connectivity index (χ2v) is 8.85. The lowest BCUT2D eigenvalue weighted by Gasteiger charge is -2.29. The van der Waals surface area contributed by atoms with Crippen LogP contribution < -0.4 is 20.9 Å². The predicted molar refractivity (Wildman–Crippen MR) is 135 cm³/mol. The second-order valence-electron chi connectivity index (χ2n) is 8.85. The summed E-state index contributed by atoms with van der Waals surface area (Å²) in [7, 11) is 3.58. The van der Waals surface area contributed by atoms with Crippen molar-refractivity contribution in [3.63, 3.8) is 0 Å². The van der Waals surface area contributed by atoms with Crippen LogP contribution in [0.2, 0.25) is 0 Å². The highest BCUT2D eigenvalue weighted by atomic mass is 16.2. The molecule has 9 heteroatoms. The molecule has 2 aromatic rings. The zero-order valence-electron chi connectivity index (χ0n) is 20.0. The number of pyridine rings is 1. The number of carbonyl (C=O) groups excluding carboxylic acids is 1. The second kappa shape index (κ2) is 10.7. The van der Waals surface area contributed by atoms with Crippen LogP contribution in [0, 0.1) is 0 Å². The Morgan fingerprint density at radius 2 is 2.03 bits per heavy atom. The summed E-state index contributed by atoms with van der Waals surface area (Å²) < 4.78 is 2.11. The first-order valence-corrected chi connectivity index (χ1v) is 12.0. The van der Waals surface area contributed by atoms with E-state index in [1.54, 1.807) is 19.0 Å². The van der Waals surface area contributed by atoms with E-state index in [2.05, 4.69) is 48.4 Å². The van der Waals surface area contributed by atoms with Gasteiger partial charge in [0.2, 0.25) is 0 Å². The fraction of sp³-hybridized carbons (Fsp3) is 0.542. The molecule has 0 radical (unpaired) electrons. The first-order chi connectivity index (χ1) is 16.1. The van der Waals surface area contributed by atoms with Gasteiger partial charge in [-0.05, 0) is 24.6 Å². The Labute approximate surface area is 196 Å². The van der Waals surface area contributed by atoms with Crippen molar-refractivity contribution in [3.8, 4) is 0 Å². The van der Waals surface area contributed by atoms with E-state index in [0.29, 0.717) is 5.69 Å². The normalized spacial score (nSPS) is 17.4. The number of carbonyl (C=O) groups is 1. The lowest BCUT2D eigenvalue weighted by molar-refractivity contribution is 0.0817. The standard InChI is InChI=1S/C24H36N8O/c1-4-5-6-7-12-32-20(23(33)30(2)3)15-18-16-27-24(29-22(18)32)28-21-9-8-19(17-26-21)31-13-10-25-11-14-31/h8-9,15-17,24-25,29H,4-7,10-14H2,1-3H3,(H,26,28). The number of aliphatic imine (C=N–C) groups is 1. The van der Waals surface area contributed by atoms with Gasteiger partial charge in [0.25, 0.3) is 5.91 Å². The summed E-state index contributed by atoms with van der Waals surface area (Å²) in [5.41, 5.74) is 2.77. The molecular weight excluding hydrogens is 416 g/mol. The molecule has 0 aliphatic carbocycles. The Balaban J connectivity index is 1.46. The highest BCUT2D eigenvalue weighted by Gasteiger charge is 2.24. The lowest BCUT2D eigenvalue weighted by Crippen LogP contribution is -2.43. The highest BCUT2D eigenvalue weighted by Crippen LogP contribution is 2.27. The van der Waals surface area contributed by atoms with Crippen LogP contribution in [0.15, 0.2) is 29.4 Å². The van der Waals surface area contributed by atoms with Crippen LogP contribution in [0.25, 0.3) is 0 Å². The molecule has 0 bridgehead atoms. The van der Waals surface area contributed by atoms with Crippen LogP contribution in [0.5, 0.6) is 0 Å². The zero-order valence-corrected chi connectivity index (χ0v) is 20.0. The molecule has 1 saturated heterocycles. The van der Waals surface area contributed by atoms with Crippen molar-refractivity contribution >= 4 is 29.4 Å². The average molecular weight is 453 g/mol. The number of hydrogen-bond donors (Lipinski definition) is 3. The number of piperazine rings is 1. The molecule has 178 valence electrons. The molecule has 1 unspecified atom stereocenters. The molecule has 1 atom stereocenters. The minimum absolute atomic E-state index is 0.00442. The smallest absolute Gasteiger partial charge is 0.270 e. The Hall–Kier alpha value is -3.07. The van der Waals surface area contributed by atoms with Crippen LogP contribution in [-0.2, 0) is 6.54 Å². The molecule has 3 N–H and O–H groups in total. The van der Waals surface area contributed by atoms with Crippen LogP contribution in [0.1, 0.15) is 48.7 Å².